The molecule has 0 saturated heterocycles. The molecule has 0 atom stereocenters. The van der Waals surface area contributed by atoms with Crippen LogP contribution in [0.5, 0.6) is 5.75 Å². The van der Waals surface area contributed by atoms with Crippen LogP contribution in [0.1, 0.15) is 30.5 Å². The van der Waals surface area contributed by atoms with Gasteiger partial charge in [-0.15, -0.1) is 0 Å². The van der Waals surface area contributed by atoms with Crippen molar-refractivity contribution in [1.29, 1.82) is 0 Å². The Balaban J connectivity index is 3.15. The molecule has 2 heteroatoms. The normalized spacial score (nSPS) is 11.6. The molecule has 0 fully saturated rings. The fourth-order valence-corrected chi connectivity index (χ4v) is 1.82. The van der Waals surface area contributed by atoms with Crippen LogP contribution in [0.15, 0.2) is 12.1 Å². The molecule has 0 aliphatic rings. The molecule has 2 N–H and O–H groups in total. The second-order valence-corrected chi connectivity index (χ2v) is 4.93. The van der Waals surface area contributed by atoms with Gasteiger partial charge in [-0.05, 0) is 56.9 Å². The van der Waals surface area contributed by atoms with Gasteiger partial charge in [0.1, 0.15) is 5.75 Å². The van der Waals surface area contributed by atoms with E-state index in [-0.39, 0.29) is 5.54 Å². The van der Waals surface area contributed by atoms with Crippen LogP contribution in [-0.2, 0) is 6.42 Å². The fraction of sp³-hybridized carbons (Fsp3) is 0.538. The van der Waals surface area contributed by atoms with E-state index in [2.05, 4.69) is 26.0 Å². The van der Waals surface area contributed by atoms with Crippen LogP contribution in [0.2, 0.25) is 0 Å². The van der Waals surface area contributed by atoms with Crippen molar-refractivity contribution in [2.75, 3.05) is 7.11 Å². The maximum Gasteiger partial charge on any atom is 0.122 e. The Morgan fingerprint density at radius 1 is 1.27 bits per heavy atom. The summed E-state index contributed by atoms with van der Waals surface area (Å²) in [5.74, 6) is 0.950. The zero-order valence-electron chi connectivity index (χ0n) is 10.3. The van der Waals surface area contributed by atoms with Crippen molar-refractivity contribution in [3.8, 4) is 5.75 Å². The first-order chi connectivity index (χ1) is 6.83. The maximum atomic E-state index is 6.04. The molecule has 2 nitrogen and oxygen atoms in total. The van der Waals surface area contributed by atoms with Crippen molar-refractivity contribution in [1.82, 2.24) is 0 Å². The van der Waals surface area contributed by atoms with Crippen molar-refractivity contribution < 1.29 is 4.74 Å². The van der Waals surface area contributed by atoms with Gasteiger partial charge in [0.05, 0.1) is 7.11 Å². The van der Waals surface area contributed by atoms with Crippen LogP contribution >= 0.6 is 0 Å². The lowest BCUT2D eigenvalue weighted by atomic mass is 9.91. The molecule has 0 aromatic heterocycles. The minimum absolute atomic E-state index is 0.201. The second-order valence-electron chi connectivity index (χ2n) is 4.93. The highest BCUT2D eigenvalue weighted by Crippen LogP contribution is 2.27. The molecule has 0 heterocycles. The van der Waals surface area contributed by atoms with Gasteiger partial charge in [-0.3, -0.25) is 0 Å². The molecular weight excluding hydrogens is 186 g/mol. The van der Waals surface area contributed by atoms with Gasteiger partial charge in [-0.2, -0.15) is 0 Å². The summed E-state index contributed by atoms with van der Waals surface area (Å²) < 4.78 is 5.40. The summed E-state index contributed by atoms with van der Waals surface area (Å²) >= 11 is 0. The van der Waals surface area contributed by atoms with E-state index in [9.17, 15) is 0 Å². The molecule has 0 aliphatic carbocycles. The minimum Gasteiger partial charge on any atom is -0.496 e. The predicted octanol–water partition coefficient (Wildman–Crippen LogP) is 2.59. The average molecular weight is 207 g/mol. The van der Waals surface area contributed by atoms with E-state index in [1.54, 1.807) is 7.11 Å². The lowest BCUT2D eigenvalue weighted by molar-refractivity contribution is 0.401. The number of aryl methyl sites for hydroxylation is 2. The van der Waals surface area contributed by atoms with Crippen LogP contribution in [0.4, 0.5) is 0 Å². The molecule has 1 rings (SSSR count). The van der Waals surface area contributed by atoms with Crippen molar-refractivity contribution in [3.63, 3.8) is 0 Å². The molecule has 1 aromatic rings. The van der Waals surface area contributed by atoms with E-state index in [4.69, 9.17) is 10.5 Å². The SMILES string of the molecule is COc1cc(C)cc(C)c1CC(C)(C)N. The molecule has 0 radical (unpaired) electrons. The topological polar surface area (TPSA) is 35.2 Å². The third kappa shape index (κ3) is 3.24. The van der Waals surface area contributed by atoms with Gasteiger partial charge in [-0.1, -0.05) is 6.07 Å². The van der Waals surface area contributed by atoms with E-state index in [1.165, 1.54) is 16.7 Å². The van der Waals surface area contributed by atoms with Gasteiger partial charge in [-0.25, -0.2) is 0 Å². The van der Waals surface area contributed by atoms with Crippen molar-refractivity contribution in [3.05, 3.63) is 28.8 Å². The maximum absolute atomic E-state index is 6.04. The van der Waals surface area contributed by atoms with E-state index in [0.717, 1.165) is 12.2 Å². The molecule has 84 valence electrons. The van der Waals surface area contributed by atoms with Crippen molar-refractivity contribution in [2.24, 2.45) is 5.73 Å². The lowest BCUT2D eigenvalue weighted by Crippen LogP contribution is -2.34. The van der Waals surface area contributed by atoms with Gasteiger partial charge >= 0.3 is 0 Å². The van der Waals surface area contributed by atoms with E-state index >= 15 is 0 Å². The van der Waals surface area contributed by atoms with Crippen LogP contribution in [0.25, 0.3) is 0 Å². The molecule has 0 aliphatic heterocycles. The summed E-state index contributed by atoms with van der Waals surface area (Å²) in [6.45, 7) is 8.25. The van der Waals surface area contributed by atoms with Crippen LogP contribution in [0, 0.1) is 13.8 Å². The third-order valence-electron chi connectivity index (χ3n) is 2.43. The predicted molar refractivity (Wildman–Crippen MR) is 64.4 cm³/mol. The summed E-state index contributed by atoms with van der Waals surface area (Å²) in [7, 11) is 1.71. The van der Waals surface area contributed by atoms with Crippen molar-refractivity contribution >= 4 is 0 Å². The Bertz CT molecular complexity index is 350. The molecule has 0 bridgehead atoms. The number of ether oxygens (including phenoxy) is 1. The number of rotatable bonds is 3. The Morgan fingerprint density at radius 2 is 1.87 bits per heavy atom. The number of hydrogen-bond acceptors (Lipinski definition) is 2. The summed E-state index contributed by atoms with van der Waals surface area (Å²) in [6.07, 6.45) is 0.836. The Labute approximate surface area is 92.4 Å². The fourth-order valence-electron chi connectivity index (χ4n) is 1.82. The Kier molecular flexibility index (Phi) is 3.40. The zero-order valence-corrected chi connectivity index (χ0v) is 10.3. The second kappa shape index (κ2) is 4.23. The molecule has 0 saturated carbocycles. The highest BCUT2D eigenvalue weighted by molar-refractivity contribution is 5.43. The highest BCUT2D eigenvalue weighted by atomic mass is 16.5. The summed E-state index contributed by atoms with van der Waals surface area (Å²) in [6, 6.07) is 4.23. The van der Waals surface area contributed by atoms with E-state index in [0.29, 0.717) is 0 Å². The summed E-state index contributed by atoms with van der Waals surface area (Å²) in [4.78, 5) is 0. The van der Waals surface area contributed by atoms with Gasteiger partial charge in [0.15, 0.2) is 0 Å². The molecule has 0 amide bonds. The van der Waals surface area contributed by atoms with Gasteiger partial charge in [0.25, 0.3) is 0 Å². The standard InChI is InChI=1S/C13H21NO/c1-9-6-10(2)11(8-13(3,4)14)12(7-9)15-5/h6-7H,8,14H2,1-5H3. The van der Waals surface area contributed by atoms with E-state index in [1.807, 2.05) is 13.8 Å². The first-order valence-corrected chi connectivity index (χ1v) is 5.26. The molecule has 15 heavy (non-hydrogen) atoms. The highest BCUT2D eigenvalue weighted by Gasteiger charge is 2.17. The van der Waals surface area contributed by atoms with Crippen LogP contribution < -0.4 is 10.5 Å². The molecular formula is C13H21NO. The van der Waals surface area contributed by atoms with Gasteiger partial charge in [0.2, 0.25) is 0 Å². The van der Waals surface area contributed by atoms with Gasteiger partial charge < -0.3 is 10.5 Å². The van der Waals surface area contributed by atoms with Gasteiger partial charge in [0, 0.05) is 5.54 Å². The monoisotopic (exact) mass is 207 g/mol. The van der Waals surface area contributed by atoms with Crippen molar-refractivity contribution in [2.45, 2.75) is 39.7 Å². The Hall–Kier alpha value is -1.02. The third-order valence-corrected chi connectivity index (χ3v) is 2.43. The molecule has 1 aromatic carbocycles. The number of benzene rings is 1. The first-order valence-electron chi connectivity index (χ1n) is 5.26. The quantitative estimate of drug-likeness (QED) is 0.827. The van der Waals surface area contributed by atoms with Crippen LogP contribution in [0.3, 0.4) is 0 Å². The number of methoxy groups -OCH3 is 1. The number of nitrogens with two attached hydrogens (primary N) is 1. The summed E-state index contributed by atoms with van der Waals surface area (Å²) in [5, 5.41) is 0. The minimum atomic E-state index is -0.201. The number of hydrogen-bond donors (Lipinski definition) is 1. The largest absolute Gasteiger partial charge is 0.496 e. The zero-order chi connectivity index (χ0) is 11.6. The first kappa shape index (κ1) is 12.1. The van der Waals surface area contributed by atoms with E-state index < -0.39 is 0 Å². The molecule has 0 unspecified atom stereocenters. The smallest absolute Gasteiger partial charge is 0.122 e. The lowest BCUT2D eigenvalue weighted by Gasteiger charge is -2.22. The van der Waals surface area contributed by atoms with Crippen LogP contribution in [-0.4, -0.2) is 12.6 Å². The summed E-state index contributed by atoms with van der Waals surface area (Å²) in [5.41, 5.74) is 9.54. The molecule has 0 spiro atoms. The average Bonchev–Trinajstić information content (AvgIpc) is 2.07. The Morgan fingerprint density at radius 3 is 2.33 bits per heavy atom.